The first-order chi connectivity index (χ1) is 8.79. The van der Waals surface area contributed by atoms with Gasteiger partial charge in [0.05, 0.1) is 13.2 Å². The molecule has 0 saturated carbocycles. The number of methoxy groups -OCH3 is 1. The van der Waals surface area contributed by atoms with Crippen molar-refractivity contribution in [2.24, 2.45) is 0 Å². The predicted molar refractivity (Wildman–Crippen MR) is 70.5 cm³/mol. The van der Waals surface area contributed by atoms with E-state index in [9.17, 15) is 4.79 Å². The topological polar surface area (TPSA) is 50.4 Å². The number of amides is 1. The maximum Gasteiger partial charge on any atom is 0.237 e. The van der Waals surface area contributed by atoms with Crippen LogP contribution >= 0.6 is 0 Å². The summed E-state index contributed by atoms with van der Waals surface area (Å²) in [6, 6.07) is 7.72. The molecule has 0 bridgehead atoms. The summed E-state index contributed by atoms with van der Waals surface area (Å²) in [4.78, 5) is 11.9. The molecule has 1 atom stereocenters. The van der Waals surface area contributed by atoms with Crippen LogP contribution in [0.15, 0.2) is 24.3 Å². The third-order valence-corrected chi connectivity index (χ3v) is 3.25. The number of carbonyl (C=O) groups is 1. The molecule has 1 aromatic carbocycles. The minimum atomic E-state index is -0.0167. The van der Waals surface area contributed by atoms with Gasteiger partial charge in [0.1, 0.15) is 5.75 Å². The smallest absolute Gasteiger partial charge is 0.237 e. The Hall–Kier alpha value is -1.55. The second-order valence-corrected chi connectivity index (χ2v) is 4.57. The van der Waals surface area contributed by atoms with Crippen molar-refractivity contribution in [3.05, 3.63) is 29.8 Å². The maximum absolute atomic E-state index is 11.9. The fraction of sp³-hybridized carbons (Fsp3) is 0.500. The summed E-state index contributed by atoms with van der Waals surface area (Å²) in [5.41, 5.74) is 1.08. The van der Waals surface area contributed by atoms with E-state index in [-0.39, 0.29) is 11.9 Å². The van der Waals surface area contributed by atoms with Crippen LogP contribution in [0.4, 0.5) is 0 Å². The van der Waals surface area contributed by atoms with Gasteiger partial charge in [-0.15, -0.1) is 0 Å². The van der Waals surface area contributed by atoms with Crippen LogP contribution in [0.25, 0.3) is 0 Å². The predicted octanol–water partition coefficient (Wildman–Crippen LogP) is 1.45. The second-order valence-electron chi connectivity index (χ2n) is 4.57. The van der Waals surface area contributed by atoms with Crippen LogP contribution in [0.5, 0.6) is 5.75 Å². The lowest BCUT2D eigenvalue weighted by atomic mass is 10.0. The van der Waals surface area contributed by atoms with E-state index in [1.54, 1.807) is 7.11 Å². The highest BCUT2D eigenvalue weighted by atomic mass is 16.5. The number of carbonyl (C=O) groups excluding carboxylic acids is 1. The Morgan fingerprint density at radius 2 is 2.17 bits per heavy atom. The molecule has 2 rings (SSSR count). The minimum Gasteiger partial charge on any atom is -0.497 e. The van der Waals surface area contributed by atoms with Gasteiger partial charge in [-0.2, -0.15) is 0 Å². The van der Waals surface area contributed by atoms with E-state index < -0.39 is 0 Å². The van der Waals surface area contributed by atoms with Crippen LogP contribution in [-0.4, -0.2) is 25.6 Å². The Balaban J connectivity index is 1.80. The lowest BCUT2D eigenvalue weighted by molar-refractivity contribution is -0.123. The Bertz CT molecular complexity index is 383. The molecule has 1 aliphatic heterocycles. The van der Waals surface area contributed by atoms with Crippen molar-refractivity contribution in [2.75, 3.05) is 13.7 Å². The van der Waals surface area contributed by atoms with E-state index >= 15 is 0 Å². The highest BCUT2D eigenvalue weighted by molar-refractivity contribution is 5.81. The standard InChI is InChI=1S/C14H20N2O2/c1-18-12-7-5-11(6-8-12)10-16-14(17)13-4-2-3-9-15-13/h5-8,13,15H,2-4,9-10H2,1H3,(H,16,17). The summed E-state index contributed by atoms with van der Waals surface area (Å²) < 4.78 is 5.09. The summed E-state index contributed by atoms with van der Waals surface area (Å²) in [6.07, 6.45) is 3.24. The first-order valence-electron chi connectivity index (χ1n) is 6.43. The summed E-state index contributed by atoms with van der Waals surface area (Å²) >= 11 is 0. The number of benzene rings is 1. The van der Waals surface area contributed by atoms with E-state index in [4.69, 9.17) is 4.74 Å². The molecule has 1 amide bonds. The van der Waals surface area contributed by atoms with Gasteiger partial charge in [-0.25, -0.2) is 0 Å². The van der Waals surface area contributed by atoms with Crippen molar-refractivity contribution in [1.29, 1.82) is 0 Å². The van der Waals surface area contributed by atoms with Gasteiger partial charge in [-0.05, 0) is 37.1 Å². The van der Waals surface area contributed by atoms with Crippen molar-refractivity contribution in [3.63, 3.8) is 0 Å². The molecule has 1 aromatic rings. The first-order valence-corrected chi connectivity index (χ1v) is 6.43. The monoisotopic (exact) mass is 248 g/mol. The average molecular weight is 248 g/mol. The van der Waals surface area contributed by atoms with Gasteiger partial charge in [-0.1, -0.05) is 18.6 Å². The molecule has 1 unspecified atom stereocenters. The lowest BCUT2D eigenvalue weighted by Crippen LogP contribution is -2.46. The molecule has 1 aliphatic rings. The number of hydrogen-bond donors (Lipinski definition) is 2. The zero-order valence-electron chi connectivity index (χ0n) is 10.7. The van der Waals surface area contributed by atoms with Crippen molar-refractivity contribution in [1.82, 2.24) is 10.6 Å². The van der Waals surface area contributed by atoms with Crippen molar-refractivity contribution < 1.29 is 9.53 Å². The fourth-order valence-corrected chi connectivity index (χ4v) is 2.13. The zero-order valence-corrected chi connectivity index (χ0v) is 10.7. The van der Waals surface area contributed by atoms with Gasteiger partial charge < -0.3 is 15.4 Å². The van der Waals surface area contributed by atoms with Gasteiger partial charge in [0.25, 0.3) is 0 Å². The van der Waals surface area contributed by atoms with Crippen molar-refractivity contribution >= 4 is 5.91 Å². The molecule has 1 saturated heterocycles. The summed E-state index contributed by atoms with van der Waals surface area (Å²) in [6.45, 7) is 1.52. The minimum absolute atomic E-state index is 0.0167. The second kappa shape index (κ2) is 6.40. The van der Waals surface area contributed by atoms with Crippen LogP contribution in [0.2, 0.25) is 0 Å². The molecule has 4 heteroatoms. The molecule has 1 fully saturated rings. The number of nitrogens with one attached hydrogen (secondary N) is 2. The first kappa shape index (κ1) is 12.9. The Morgan fingerprint density at radius 1 is 1.39 bits per heavy atom. The van der Waals surface area contributed by atoms with Crippen molar-refractivity contribution in [2.45, 2.75) is 31.8 Å². The summed E-state index contributed by atoms with van der Waals surface area (Å²) in [5.74, 6) is 0.935. The fourth-order valence-electron chi connectivity index (χ4n) is 2.13. The van der Waals surface area contributed by atoms with E-state index in [2.05, 4.69) is 10.6 Å². The molecule has 0 aromatic heterocycles. The number of piperidine rings is 1. The van der Waals surface area contributed by atoms with Crippen LogP contribution in [0.3, 0.4) is 0 Å². The Labute approximate surface area is 108 Å². The molecule has 0 spiro atoms. The van der Waals surface area contributed by atoms with Crippen LogP contribution < -0.4 is 15.4 Å². The largest absolute Gasteiger partial charge is 0.497 e. The van der Waals surface area contributed by atoms with Gasteiger partial charge >= 0.3 is 0 Å². The van der Waals surface area contributed by atoms with Gasteiger partial charge in [0.2, 0.25) is 5.91 Å². The van der Waals surface area contributed by atoms with Crippen LogP contribution in [0, 0.1) is 0 Å². The lowest BCUT2D eigenvalue weighted by Gasteiger charge is -2.22. The highest BCUT2D eigenvalue weighted by Gasteiger charge is 2.19. The third-order valence-electron chi connectivity index (χ3n) is 3.25. The molecule has 98 valence electrons. The zero-order chi connectivity index (χ0) is 12.8. The number of rotatable bonds is 4. The van der Waals surface area contributed by atoms with Gasteiger partial charge in [0.15, 0.2) is 0 Å². The average Bonchev–Trinajstić information content (AvgIpc) is 2.46. The van der Waals surface area contributed by atoms with Crippen LogP contribution in [-0.2, 0) is 11.3 Å². The van der Waals surface area contributed by atoms with Crippen LogP contribution in [0.1, 0.15) is 24.8 Å². The summed E-state index contributed by atoms with van der Waals surface area (Å²) in [5, 5.41) is 6.21. The SMILES string of the molecule is COc1ccc(CNC(=O)C2CCCCN2)cc1. The molecule has 0 radical (unpaired) electrons. The molecule has 0 aliphatic carbocycles. The van der Waals surface area contributed by atoms with E-state index in [1.165, 1.54) is 6.42 Å². The Morgan fingerprint density at radius 3 is 2.78 bits per heavy atom. The van der Waals surface area contributed by atoms with Gasteiger partial charge in [-0.3, -0.25) is 4.79 Å². The Kier molecular flexibility index (Phi) is 4.59. The van der Waals surface area contributed by atoms with Crippen molar-refractivity contribution in [3.8, 4) is 5.75 Å². The van der Waals surface area contributed by atoms with E-state index in [0.717, 1.165) is 30.7 Å². The molecule has 2 N–H and O–H groups in total. The summed E-state index contributed by atoms with van der Waals surface area (Å²) in [7, 11) is 1.64. The normalized spacial score (nSPS) is 19.3. The molecular weight excluding hydrogens is 228 g/mol. The quantitative estimate of drug-likeness (QED) is 0.848. The molecule has 18 heavy (non-hydrogen) atoms. The van der Waals surface area contributed by atoms with E-state index in [1.807, 2.05) is 24.3 Å². The highest BCUT2D eigenvalue weighted by Crippen LogP contribution is 2.11. The third kappa shape index (κ3) is 3.47. The molecular formula is C14H20N2O2. The van der Waals surface area contributed by atoms with E-state index in [0.29, 0.717) is 6.54 Å². The molecule has 4 nitrogen and oxygen atoms in total. The van der Waals surface area contributed by atoms with Gasteiger partial charge in [0, 0.05) is 6.54 Å². The maximum atomic E-state index is 11.9. The number of ether oxygens (including phenoxy) is 1. The number of hydrogen-bond acceptors (Lipinski definition) is 3. The molecule has 1 heterocycles.